The van der Waals surface area contributed by atoms with E-state index >= 15 is 0 Å². The highest BCUT2D eigenvalue weighted by atomic mass is 16.2. The maximum atomic E-state index is 12.0. The zero-order chi connectivity index (χ0) is 12.8. The fourth-order valence-corrected chi connectivity index (χ4v) is 2.71. The van der Waals surface area contributed by atoms with Crippen molar-refractivity contribution >= 4 is 5.91 Å². The van der Waals surface area contributed by atoms with Crippen molar-refractivity contribution in [3.8, 4) is 0 Å². The molecule has 0 spiro atoms. The molecule has 3 atom stereocenters. The summed E-state index contributed by atoms with van der Waals surface area (Å²) in [5.41, 5.74) is 0. The van der Waals surface area contributed by atoms with Crippen LogP contribution in [0.5, 0.6) is 0 Å². The third-order valence-corrected chi connectivity index (χ3v) is 3.69. The first kappa shape index (κ1) is 14.2. The zero-order valence-corrected chi connectivity index (χ0v) is 11.6. The summed E-state index contributed by atoms with van der Waals surface area (Å²) < 4.78 is 0. The quantitative estimate of drug-likeness (QED) is 0.589. The van der Waals surface area contributed by atoms with Gasteiger partial charge >= 0.3 is 0 Å². The SMILES string of the molecule is C/C=C/CCNC(=O)C(C)N1C(C)CCC1C. The summed E-state index contributed by atoms with van der Waals surface area (Å²) in [6.07, 6.45) is 7.42. The van der Waals surface area contributed by atoms with Gasteiger partial charge in [-0.1, -0.05) is 12.2 Å². The maximum absolute atomic E-state index is 12.0. The lowest BCUT2D eigenvalue weighted by atomic mass is 10.2. The molecule has 3 unspecified atom stereocenters. The van der Waals surface area contributed by atoms with Crippen LogP contribution in [0.15, 0.2) is 12.2 Å². The number of hydrogen-bond acceptors (Lipinski definition) is 2. The van der Waals surface area contributed by atoms with E-state index in [9.17, 15) is 4.79 Å². The standard InChI is InChI=1S/C14H26N2O/c1-5-6-7-10-15-14(17)13(4)16-11(2)8-9-12(16)3/h5-6,11-13H,7-10H2,1-4H3,(H,15,17)/b6-5+. The van der Waals surface area contributed by atoms with Gasteiger partial charge in [0.2, 0.25) is 5.91 Å². The molecular weight excluding hydrogens is 212 g/mol. The molecule has 0 aromatic heterocycles. The molecular formula is C14H26N2O. The van der Waals surface area contributed by atoms with E-state index in [4.69, 9.17) is 0 Å². The first-order valence-electron chi connectivity index (χ1n) is 6.74. The van der Waals surface area contributed by atoms with E-state index < -0.39 is 0 Å². The summed E-state index contributed by atoms with van der Waals surface area (Å²) in [7, 11) is 0. The van der Waals surface area contributed by atoms with Crippen molar-refractivity contribution in [2.45, 2.75) is 65.1 Å². The maximum Gasteiger partial charge on any atom is 0.237 e. The number of likely N-dealkylation sites (tertiary alicyclic amines) is 1. The van der Waals surface area contributed by atoms with Crippen LogP contribution in [0.3, 0.4) is 0 Å². The monoisotopic (exact) mass is 238 g/mol. The molecule has 1 N–H and O–H groups in total. The number of carbonyl (C=O) groups excluding carboxylic acids is 1. The Morgan fingerprint density at radius 2 is 2.00 bits per heavy atom. The Balaban J connectivity index is 2.40. The molecule has 0 saturated carbocycles. The summed E-state index contributed by atoms with van der Waals surface area (Å²) >= 11 is 0. The van der Waals surface area contributed by atoms with Crippen LogP contribution in [0.1, 0.15) is 47.0 Å². The lowest BCUT2D eigenvalue weighted by molar-refractivity contribution is -0.126. The van der Waals surface area contributed by atoms with Gasteiger partial charge in [-0.05, 0) is 47.0 Å². The first-order chi connectivity index (χ1) is 8.07. The van der Waals surface area contributed by atoms with Gasteiger partial charge < -0.3 is 5.32 Å². The van der Waals surface area contributed by atoms with Gasteiger partial charge in [0.25, 0.3) is 0 Å². The van der Waals surface area contributed by atoms with Crippen LogP contribution in [-0.2, 0) is 4.79 Å². The summed E-state index contributed by atoms with van der Waals surface area (Å²) in [4.78, 5) is 14.3. The van der Waals surface area contributed by atoms with Crippen molar-refractivity contribution in [2.75, 3.05) is 6.54 Å². The minimum atomic E-state index is -0.00638. The predicted octanol–water partition coefficient (Wildman–Crippen LogP) is 2.33. The fraction of sp³-hybridized carbons (Fsp3) is 0.786. The molecule has 0 bridgehead atoms. The van der Waals surface area contributed by atoms with Crippen molar-refractivity contribution in [3.63, 3.8) is 0 Å². The first-order valence-corrected chi connectivity index (χ1v) is 6.74. The summed E-state index contributed by atoms with van der Waals surface area (Å²) in [6.45, 7) is 9.19. The third kappa shape index (κ3) is 3.84. The molecule has 3 nitrogen and oxygen atoms in total. The number of nitrogens with one attached hydrogen (secondary N) is 1. The largest absolute Gasteiger partial charge is 0.354 e. The molecule has 1 aliphatic rings. The summed E-state index contributed by atoms with van der Waals surface area (Å²) in [6, 6.07) is 1.05. The molecule has 0 radical (unpaired) electrons. The van der Waals surface area contributed by atoms with E-state index in [1.807, 2.05) is 19.9 Å². The second-order valence-electron chi connectivity index (χ2n) is 5.05. The van der Waals surface area contributed by atoms with Crippen molar-refractivity contribution in [2.24, 2.45) is 0 Å². The van der Waals surface area contributed by atoms with Gasteiger partial charge in [0.05, 0.1) is 6.04 Å². The number of nitrogens with zero attached hydrogens (tertiary/aromatic N) is 1. The summed E-state index contributed by atoms with van der Waals surface area (Å²) in [5.74, 6) is 0.162. The average molecular weight is 238 g/mol. The molecule has 0 aromatic carbocycles. The smallest absolute Gasteiger partial charge is 0.237 e. The van der Waals surface area contributed by atoms with Gasteiger partial charge in [0, 0.05) is 18.6 Å². The van der Waals surface area contributed by atoms with Gasteiger partial charge in [0.15, 0.2) is 0 Å². The lowest BCUT2D eigenvalue weighted by Crippen LogP contribution is -2.49. The summed E-state index contributed by atoms with van der Waals surface area (Å²) in [5, 5.41) is 3.00. The molecule has 1 heterocycles. The Bertz CT molecular complexity index is 265. The zero-order valence-electron chi connectivity index (χ0n) is 11.6. The van der Waals surface area contributed by atoms with E-state index in [0.29, 0.717) is 12.1 Å². The van der Waals surface area contributed by atoms with Crippen LogP contribution < -0.4 is 5.32 Å². The second kappa shape index (κ2) is 6.80. The van der Waals surface area contributed by atoms with Gasteiger partial charge in [-0.3, -0.25) is 9.69 Å². The van der Waals surface area contributed by atoms with Crippen molar-refractivity contribution < 1.29 is 4.79 Å². The van der Waals surface area contributed by atoms with Crippen LogP contribution in [0.2, 0.25) is 0 Å². The lowest BCUT2D eigenvalue weighted by Gasteiger charge is -2.31. The van der Waals surface area contributed by atoms with E-state index in [0.717, 1.165) is 13.0 Å². The molecule has 1 fully saturated rings. The molecule has 1 aliphatic heterocycles. The predicted molar refractivity (Wildman–Crippen MR) is 71.9 cm³/mol. The van der Waals surface area contributed by atoms with Gasteiger partial charge in [0.1, 0.15) is 0 Å². The molecule has 3 heteroatoms. The Hall–Kier alpha value is -0.830. The number of rotatable bonds is 5. The molecule has 0 aliphatic carbocycles. The van der Waals surface area contributed by atoms with E-state index in [2.05, 4.69) is 30.1 Å². The Labute approximate surface area is 105 Å². The Kier molecular flexibility index (Phi) is 5.69. The van der Waals surface area contributed by atoms with Gasteiger partial charge in [-0.15, -0.1) is 0 Å². The average Bonchev–Trinajstić information content (AvgIpc) is 2.63. The number of allylic oxidation sites excluding steroid dienone is 1. The van der Waals surface area contributed by atoms with Crippen LogP contribution in [0, 0.1) is 0 Å². The Morgan fingerprint density at radius 1 is 1.41 bits per heavy atom. The topological polar surface area (TPSA) is 32.3 Å². The fourth-order valence-electron chi connectivity index (χ4n) is 2.71. The molecule has 98 valence electrons. The minimum Gasteiger partial charge on any atom is -0.354 e. The van der Waals surface area contributed by atoms with E-state index in [1.165, 1.54) is 12.8 Å². The second-order valence-corrected chi connectivity index (χ2v) is 5.05. The van der Waals surface area contributed by atoms with E-state index in [-0.39, 0.29) is 11.9 Å². The third-order valence-electron chi connectivity index (χ3n) is 3.69. The number of hydrogen-bond donors (Lipinski definition) is 1. The highest BCUT2D eigenvalue weighted by Crippen LogP contribution is 2.25. The Morgan fingerprint density at radius 3 is 2.53 bits per heavy atom. The molecule has 1 saturated heterocycles. The van der Waals surface area contributed by atoms with Crippen LogP contribution >= 0.6 is 0 Å². The highest BCUT2D eigenvalue weighted by Gasteiger charge is 2.33. The van der Waals surface area contributed by atoms with Crippen LogP contribution in [0.4, 0.5) is 0 Å². The highest BCUT2D eigenvalue weighted by molar-refractivity contribution is 5.81. The van der Waals surface area contributed by atoms with Crippen molar-refractivity contribution in [3.05, 3.63) is 12.2 Å². The number of carbonyl (C=O) groups is 1. The van der Waals surface area contributed by atoms with Gasteiger partial charge in [-0.25, -0.2) is 0 Å². The number of amides is 1. The molecule has 17 heavy (non-hydrogen) atoms. The molecule has 0 aromatic rings. The van der Waals surface area contributed by atoms with Crippen LogP contribution in [-0.4, -0.2) is 35.5 Å². The normalized spacial score (nSPS) is 27.5. The van der Waals surface area contributed by atoms with Crippen molar-refractivity contribution in [1.29, 1.82) is 0 Å². The molecule has 1 amide bonds. The van der Waals surface area contributed by atoms with Gasteiger partial charge in [-0.2, -0.15) is 0 Å². The van der Waals surface area contributed by atoms with Crippen LogP contribution in [0.25, 0.3) is 0 Å². The molecule has 1 rings (SSSR count). The minimum absolute atomic E-state index is 0.00638. The van der Waals surface area contributed by atoms with E-state index in [1.54, 1.807) is 0 Å². The van der Waals surface area contributed by atoms with Crippen molar-refractivity contribution in [1.82, 2.24) is 10.2 Å².